The lowest BCUT2D eigenvalue weighted by Crippen LogP contribution is -1.99. The molecule has 2 aromatic carbocycles. The first kappa shape index (κ1) is 15.5. The van der Waals surface area contributed by atoms with Gasteiger partial charge in [-0.25, -0.2) is 9.97 Å². The van der Waals surface area contributed by atoms with Crippen molar-refractivity contribution < 1.29 is 0 Å². The molecule has 4 heteroatoms. The number of fused-ring (bicyclic) bond motifs is 1. The minimum Gasteiger partial charge on any atom is -0.291 e. The van der Waals surface area contributed by atoms with E-state index in [1.807, 2.05) is 72.8 Å². The first-order valence-corrected chi connectivity index (χ1v) is 8.82. The van der Waals surface area contributed by atoms with E-state index < -0.39 is 0 Å². The van der Waals surface area contributed by atoms with E-state index in [4.69, 9.17) is 9.97 Å². The Labute approximate surface area is 156 Å². The highest BCUT2D eigenvalue weighted by Crippen LogP contribution is 2.28. The molecular weight excluding hydrogens is 332 g/mol. The maximum atomic E-state index is 4.87. The molecule has 3 heterocycles. The average molecular weight is 348 g/mol. The van der Waals surface area contributed by atoms with E-state index in [2.05, 4.69) is 27.8 Å². The highest BCUT2D eigenvalue weighted by Gasteiger charge is 2.15. The summed E-state index contributed by atoms with van der Waals surface area (Å²) in [6, 6.07) is 30.2. The van der Waals surface area contributed by atoms with Gasteiger partial charge < -0.3 is 0 Å². The second kappa shape index (κ2) is 6.50. The molecule has 0 bridgehead atoms. The highest BCUT2D eigenvalue weighted by atomic mass is 15.1. The van der Waals surface area contributed by atoms with Crippen LogP contribution in [0.25, 0.3) is 39.6 Å². The summed E-state index contributed by atoms with van der Waals surface area (Å²) >= 11 is 0. The molecule has 0 fully saturated rings. The third kappa shape index (κ3) is 2.77. The standard InChI is InChI=1S/C23H16N4/c1-2-9-17(10-3-1)27-22-15-5-4-12-20(22)26-23(27)21-14-8-13-19(25-21)18-11-6-7-16-24-18/h1-16H. The SMILES string of the molecule is c1ccc(-n2c(-c3cccc(-c4ccccn4)n3)nc3ccccc32)cc1. The fourth-order valence-electron chi connectivity index (χ4n) is 3.25. The molecule has 4 nitrogen and oxygen atoms in total. The molecule has 3 aromatic heterocycles. The van der Waals surface area contributed by atoms with Gasteiger partial charge in [-0.1, -0.05) is 42.5 Å². The largest absolute Gasteiger partial charge is 0.291 e. The van der Waals surface area contributed by atoms with Gasteiger partial charge in [0.1, 0.15) is 5.69 Å². The van der Waals surface area contributed by atoms with Crippen LogP contribution in [0.1, 0.15) is 0 Å². The Morgan fingerprint density at radius 1 is 0.556 bits per heavy atom. The van der Waals surface area contributed by atoms with Crippen molar-refractivity contribution in [2.24, 2.45) is 0 Å². The van der Waals surface area contributed by atoms with Gasteiger partial charge in [-0.15, -0.1) is 0 Å². The molecular formula is C23H16N4. The topological polar surface area (TPSA) is 43.6 Å². The Morgan fingerprint density at radius 2 is 1.30 bits per heavy atom. The second-order valence-corrected chi connectivity index (χ2v) is 6.22. The fourth-order valence-corrected chi connectivity index (χ4v) is 3.25. The molecule has 5 aromatic rings. The van der Waals surface area contributed by atoms with Gasteiger partial charge in [0.05, 0.1) is 22.4 Å². The molecule has 27 heavy (non-hydrogen) atoms. The summed E-state index contributed by atoms with van der Waals surface area (Å²) < 4.78 is 2.15. The molecule has 0 aliphatic rings. The van der Waals surface area contributed by atoms with Crippen LogP contribution in [-0.2, 0) is 0 Å². The van der Waals surface area contributed by atoms with Gasteiger partial charge in [-0.2, -0.15) is 0 Å². The van der Waals surface area contributed by atoms with Crippen LogP contribution in [0.3, 0.4) is 0 Å². The lowest BCUT2D eigenvalue weighted by molar-refractivity contribution is 1.08. The summed E-state index contributed by atoms with van der Waals surface area (Å²) in [5, 5.41) is 0. The molecule has 0 radical (unpaired) electrons. The predicted molar refractivity (Wildman–Crippen MR) is 108 cm³/mol. The van der Waals surface area contributed by atoms with Crippen LogP contribution in [0, 0.1) is 0 Å². The van der Waals surface area contributed by atoms with Crippen LogP contribution in [-0.4, -0.2) is 19.5 Å². The molecule has 0 atom stereocenters. The normalized spacial score (nSPS) is 11.0. The molecule has 0 amide bonds. The minimum absolute atomic E-state index is 0.818. The zero-order valence-corrected chi connectivity index (χ0v) is 14.5. The van der Waals surface area contributed by atoms with Crippen molar-refractivity contribution in [1.82, 2.24) is 19.5 Å². The maximum Gasteiger partial charge on any atom is 0.164 e. The number of pyridine rings is 2. The van der Waals surface area contributed by atoms with E-state index in [1.165, 1.54) is 0 Å². The molecule has 0 saturated heterocycles. The smallest absolute Gasteiger partial charge is 0.164 e. The zero-order chi connectivity index (χ0) is 18.1. The van der Waals surface area contributed by atoms with E-state index in [0.29, 0.717) is 0 Å². The monoisotopic (exact) mass is 348 g/mol. The lowest BCUT2D eigenvalue weighted by atomic mass is 10.2. The molecule has 5 rings (SSSR count). The number of para-hydroxylation sites is 3. The van der Waals surface area contributed by atoms with Crippen LogP contribution in [0.4, 0.5) is 0 Å². The number of rotatable bonds is 3. The average Bonchev–Trinajstić information content (AvgIpc) is 3.15. The van der Waals surface area contributed by atoms with Crippen LogP contribution >= 0.6 is 0 Å². The number of hydrogen-bond acceptors (Lipinski definition) is 3. The van der Waals surface area contributed by atoms with E-state index >= 15 is 0 Å². The molecule has 128 valence electrons. The summed E-state index contributed by atoms with van der Waals surface area (Å²) in [5.74, 6) is 0.820. The number of imidazole rings is 1. The van der Waals surface area contributed by atoms with Crippen molar-refractivity contribution in [3.8, 4) is 28.6 Å². The van der Waals surface area contributed by atoms with Crippen molar-refractivity contribution in [2.45, 2.75) is 0 Å². The van der Waals surface area contributed by atoms with Crippen molar-refractivity contribution in [3.63, 3.8) is 0 Å². The van der Waals surface area contributed by atoms with Crippen molar-refractivity contribution in [1.29, 1.82) is 0 Å². The van der Waals surface area contributed by atoms with Crippen LogP contribution in [0.5, 0.6) is 0 Å². The molecule has 0 N–H and O–H groups in total. The van der Waals surface area contributed by atoms with E-state index in [0.717, 1.165) is 39.6 Å². The van der Waals surface area contributed by atoms with Crippen LogP contribution < -0.4 is 0 Å². The third-order valence-corrected chi connectivity index (χ3v) is 4.48. The van der Waals surface area contributed by atoms with Crippen LogP contribution in [0.15, 0.2) is 97.2 Å². The van der Waals surface area contributed by atoms with Gasteiger partial charge in [0, 0.05) is 11.9 Å². The first-order valence-electron chi connectivity index (χ1n) is 8.82. The Hall–Kier alpha value is -3.79. The van der Waals surface area contributed by atoms with Crippen LogP contribution in [0.2, 0.25) is 0 Å². The maximum absolute atomic E-state index is 4.87. The zero-order valence-electron chi connectivity index (χ0n) is 14.5. The fraction of sp³-hybridized carbons (Fsp3) is 0. The minimum atomic E-state index is 0.818. The van der Waals surface area contributed by atoms with Gasteiger partial charge in [0.15, 0.2) is 5.82 Å². The Morgan fingerprint density at radius 3 is 2.15 bits per heavy atom. The number of nitrogens with zero attached hydrogens (tertiary/aromatic N) is 4. The van der Waals surface area contributed by atoms with Crippen molar-refractivity contribution >= 4 is 11.0 Å². The predicted octanol–water partition coefficient (Wildman–Crippen LogP) is 5.15. The third-order valence-electron chi connectivity index (χ3n) is 4.48. The second-order valence-electron chi connectivity index (χ2n) is 6.22. The summed E-state index contributed by atoms with van der Waals surface area (Å²) in [4.78, 5) is 14.1. The van der Waals surface area contributed by atoms with Gasteiger partial charge in [-0.05, 0) is 48.5 Å². The molecule has 0 aliphatic heterocycles. The van der Waals surface area contributed by atoms with E-state index in [-0.39, 0.29) is 0 Å². The molecule has 0 spiro atoms. The summed E-state index contributed by atoms with van der Waals surface area (Å²) in [7, 11) is 0. The molecule has 0 unspecified atom stereocenters. The Balaban J connectivity index is 1.75. The number of hydrogen-bond donors (Lipinski definition) is 0. The molecule has 0 aliphatic carbocycles. The lowest BCUT2D eigenvalue weighted by Gasteiger charge is -2.09. The van der Waals surface area contributed by atoms with Gasteiger partial charge in [0.2, 0.25) is 0 Å². The van der Waals surface area contributed by atoms with E-state index in [9.17, 15) is 0 Å². The summed E-state index contributed by atoms with van der Waals surface area (Å²) in [6.07, 6.45) is 1.78. The number of aromatic nitrogens is 4. The Kier molecular flexibility index (Phi) is 3.72. The summed E-state index contributed by atoms with van der Waals surface area (Å²) in [5.41, 5.74) is 5.57. The quantitative estimate of drug-likeness (QED) is 0.453. The number of benzene rings is 2. The van der Waals surface area contributed by atoms with Crippen molar-refractivity contribution in [2.75, 3.05) is 0 Å². The van der Waals surface area contributed by atoms with Gasteiger partial charge in [-0.3, -0.25) is 9.55 Å². The first-order chi connectivity index (χ1) is 13.4. The van der Waals surface area contributed by atoms with Gasteiger partial charge >= 0.3 is 0 Å². The van der Waals surface area contributed by atoms with E-state index in [1.54, 1.807) is 6.20 Å². The Bertz CT molecular complexity index is 1210. The van der Waals surface area contributed by atoms with Gasteiger partial charge in [0.25, 0.3) is 0 Å². The molecule has 0 saturated carbocycles. The summed E-state index contributed by atoms with van der Waals surface area (Å²) in [6.45, 7) is 0. The highest BCUT2D eigenvalue weighted by molar-refractivity contribution is 5.82. The van der Waals surface area contributed by atoms with Crippen molar-refractivity contribution in [3.05, 3.63) is 97.2 Å².